The van der Waals surface area contributed by atoms with Crippen LogP contribution in [0.4, 0.5) is 5.69 Å². The molecule has 0 unspecified atom stereocenters. The molecular weight excluding hydrogens is 264 g/mol. The maximum atomic E-state index is 11.7. The summed E-state index contributed by atoms with van der Waals surface area (Å²) in [6, 6.07) is 11.5. The fraction of sp³-hybridized carbons (Fsp3) is 0.353. The van der Waals surface area contributed by atoms with E-state index in [1.807, 2.05) is 32.0 Å². The zero-order valence-electron chi connectivity index (χ0n) is 12.8. The summed E-state index contributed by atoms with van der Waals surface area (Å²) in [7, 11) is 0. The molecule has 0 aliphatic heterocycles. The van der Waals surface area contributed by atoms with Gasteiger partial charge in [0, 0.05) is 24.1 Å². The standard InChI is InChI=1S/C17H22N2O2/c1-4-19-11-5-6-16(19)12-18-15-9-7-14(8-10-15)17(20)21-13(2)3/h5-11,13,18H,4,12H2,1-3H3. The van der Waals surface area contributed by atoms with Crippen LogP contribution < -0.4 is 5.32 Å². The van der Waals surface area contributed by atoms with E-state index in [1.165, 1.54) is 5.69 Å². The predicted octanol–water partition coefficient (Wildman–Crippen LogP) is 3.69. The van der Waals surface area contributed by atoms with Gasteiger partial charge in [0.15, 0.2) is 0 Å². The summed E-state index contributed by atoms with van der Waals surface area (Å²) >= 11 is 0. The van der Waals surface area contributed by atoms with Gasteiger partial charge in [0.2, 0.25) is 0 Å². The number of carbonyl (C=O) groups excluding carboxylic acids is 1. The quantitative estimate of drug-likeness (QED) is 0.824. The number of carbonyl (C=O) groups is 1. The van der Waals surface area contributed by atoms with Gasteiger partial charge in [0.25, 0.3) is 0 Å². The summed E-state index contributed by atoms with van der Waals surface area (Å²) in [6.07, 6.45) is 1.97. The molecule has 0 aliphatic rings. The first-order valence-corrected chi connectivity index (χ1v) is 7.29. The lowest BCUT2D eigenvalue weighted by atomic mass is 10.2. The van der Waals surface area contributed by atoms with Gasteiger partial charge in [0.1, 0.15) is 0 Å². The first kappa shape index (κ1) is 15.2. The Labute approximate surface area is 125 Å². The number of rotatable bonds is 6. The Morgan fingerprint density at radius 2 is 1.95 bits per heavy atom. The molecule has 0 bridgehead atoms. The van der Waals surface area contributed by atoms with Crippen LogP contribution in [-0.2, 0) is 17.8 Å². The van der Waals surface area contributed by atoms with Gasteiger partial charge < -0.3 is 14.6 Å². The highest BCUT2D eigenvalue weighted by atomic mass is 16.5. The molecule has 2 aromatic rings. The molecule has 0 radical (unpaired) electrons. The second-order valence-electron chi connectivity index (χ2n) is 5.17. The van der Waals surface area contributed by atoms with Gasteiger partial charge in [-0.1, -0.05) is 0 Å². The van der Waals surface area contributed by atoms with Gasteiger partial charge in [-0.25, -0.2) is 4.79 Å². The van der Waals surface area contributed by atoms with Crippen LogP contribution in [0.2, 0.25) is 0 Å². The molecule has 21 heavy (non-hydrogen) atoms. The zero-order chi connectivity index (χ0) is 15.2. The third kappa shape index (κ3) is 4.12. The van der Waals surface area contributed by atoms with E-state index in [2.05, 4.69) is 29.1 Å². The lowest BCUT2D eigenvalue weighted by Crippen LogP contribution is -2.11. The van der Waals surface area contributed by atoms with Crippen LogP contribution in [0.25, 0.3) is 0 Å². The Morgan fingerprint density at radius 1 is 1.24 bits per heavy atom. The van der Waals surface area contributed by atoms with Gasteiger partial charge >= 0.3 is 5.97 Å². The fourth-order valence-corrected chi connectivity index (χ4v) is 2.12. The van der Waals surface area contributed by atoms with Crippen molar-refractivity contribution in [3.8, 4) is 0 Å². The highest BCUT2D eigenvalue weighted by Gasteiger charge is 2.08. The van der Waals surface area contributed by atoms with E-state index in [0.717, 1.165) is 18.8 Å². The third-order valence-electron chi connectivity index (χ3n) is 3.20. The molecule has 4 nitrogen and oxygen atoms in total. The number of ether oxygens (including phenoxy) is 1. The molecule has 0 atom stereocenters. The van der Waals surface area contributed by atoms with E-state index in [4.69, 9.17) is 4.74 Å². The van der Waals surface area contributed by atoms with Crippen LogP contribution in [0.15, 0.2) is 42.6 Å². The van der Waals surface area contributed by atoms with Gasteiger partial charge in [-0.3, -0.25) is 0 Å². The third-order valence-corrected chi connectivity index (χ3v) is 3.20. The van der Waals surface area contributed by atoms with Crippen LogP contribution in [0.3, 0.4) is 0 Å². The highest BCUT2D eigenvalue weighted by Crippen LogP contribution is 2.13. The Morgan fingerprint density at radius 3 is 2.57 bits per heavy atom. The summed E-state index contributed by atoms with van der Waals surface area (Å²) < 4.78 is 7.36. The Bertz CT molecular complexity index is 585. The number of hydrogen-bond donors (Lipinski definition) is 1. The zero-order valence-corrected chi connectivity index (χ0v) is 12.8. The molecule has 1 aromatic carbocycles. The van der Waals surface area contributed by atoms with E-state index < -0.39 is 0 Å². The Balaban J connectivity index is 1.95. The van der Waals surface area contributed by atoms with Gasteiger partial charge in [-0.2, -0.15) is 0 Å². The SMILES string of the molecule is CCn1cccc1CNc1ccc(C(=O)OC(C)C)cc1. The molecule has 0 saturated carbocycles. The van der Waals surface area contributed by atoms with Crippen LogP contribution in [0.5, 0.6) is 0 Å². The first-order valence-electron chi connectivity index (χ1n) is 7.29. The number of aromatic nitrogens is 1. The van der Waals surface area contributed by atoms with Crippen LogP contribution >= 0.6 is 0 Å². The topological polar surface area (TPSA) is 43.3 Å². The monoisotopic (exact) mass is 286 g/mol. The molecule has 0 amide bonds. The van der Waals surface area contributed by atoms with Crippen molar-refractivity contribution < 1.29 is 9.53 Å². The van der Waals surface area contributed by atoms with Crippen molar-refractivity contribution in [2.45, 2.75) is 40.0 Å². The molecule has 0 spiro atoms. The number of hydrogen-bond acceptors (Lipinski definition) is 3. The number of esters is 1. The molecule has 1 N–H and O–H groups in total. The molecule has 1 heterocycles. The van der Waals surface area contributed by atoms with E-state index >= 15 is 0 Å². The molecule has 2 rings (SSSR count). The lowest BCUT2D eigenvalue weighted by molar-refractivity contribution is 0.0378. The summed E-state index contributed by atoms with van der Waals surface area (Å²) in [5.74, 6) is -0.281. The molecule has 0 aliphatic carbocycles. The molecular formula is C17H22N2O2. The first-order chi connectivity index (χ1) is 10.1. The van der Waals surface area contributed by atoms with Crippen LogP contribution in [0, 0.1) is 0 Å². The predicted molar refractivity (Wildman–Crippen MR) is 84.4 cm³/mol. The minimum atomic E-state index is -0.281. The summed E-state index contributed by atoms with van der Waals surface area (Å²) in [5.41, 5.74) is 2.80. The van der Waals surface area contributed by atoms with E-state index in [1.54, 1.807) is 12.1 Å². The molecule has 112 valence electrons. The Hall–Kier alpha value is -2.23. The largest absolute Gasteiger partial charge is 0.459 e. The number of nitrogens with zero attached hydrogens (tertiary/aromatic N) is 1. The van der Waals surface area contributed by atoms with Gasteiger partial charge in [-0.15, -0.1) is 0 Å². The van der Waals surface area contributed by atoms with Crippen molar-refractivity contribution in [2.24, 2.45) is 0 Å². The number of nitrogens with one attached hydrogen (secondary N) is 1. The van der Waals surface area contributed by atoms with Crippen molar-refractivity contribution in [1.29, 1.82) is 0 Å². The average Bonchev–Trinajstić information content (AvgIpc) is 2.92. The van der Waals surface area contributed by atoms with Crippen molar-refractivity contribution in [1.82, 2.24) is 4.57 Å². The second-order valence-corrected chi connectivity index (χ2v) is 5.17. The molecule has 4 heteroatoms. The van der Waals surface area contributed by atoms with E-state index in [9.17, 15) is 4.79 Å². The summed E-state index contributed by atoms with van der Waals surface area (Å²) in [5, 5.41) is 3.36. The summed E-state index contributed by atoms with van der Waals surface area (Å²) in [6.45, 7) is 7.53. The maximum absolute atomic E-state index is 11.7. The minimum absolute atomic E-state index is 0.0999. The molecule has 0 fully saturated rings. The van der Waals surface area contributed by atoms with Crippen molar-refractivity contribution in [3.05, 3.63) is 53.9 Å². The lowest BCUT2D eigenvalue weighted by Gasteiger charge is -2.11. The minimum Gasteiger partial charge on any atom is -0.459 e. The number of benzene rings is 1. The fourth-order valence-electron chi connectivity index (χ4n) is 2.12. The maximum Gasteiger partial charge on any atom is 0.338 e. The molecule has 0 saturated heterocycles. The Kier molecular flexibility index (Phi) is 5.04. The normalized spacial score (nSPS) is 10.7. The van der Waals surface area contributed by atoms with E-state index in [0.29, 0.717) is 5.56 Å². The van der Waals surface area contributed by atoms with Crippen LogP contribution in [-0.4, -0.2) is 16.6 Å². The van der Waals surface area contributed by atoms with Crippen molar-refractivity contribution in [3.63, 3.8) is 0 Å². The molecule has 1 aromatic heterocycles. The summed E-state index contributed by atoms with van der Waals surface area (Å²) in [4.78, 5) is 11.7. The van der Waals surface area contributed by atoms with Crippen LogP contribution in [0.1, 0.15) is 36.8 Å². The number of anilines is 1. The average molecular weight is 286 g/mol. The van der Waals surface area contributed by atoms with E-state index in [-0.39, 0.29) is 12.1 Å². The van der Waals surface area contributed by atoms with Gasteiger partial charge in [-0.05, 0) is 57.2 Å². The second kappa shape index (κ2) is 6.97. The van der Waals surface area contributed by atoms with Crippen molar-refractivity contribution in [2.75, 3.05) is 5.32 Å². The van der Waals surface area contributed by atoms with Gasteiger partial charge in [0.05, 0.1) is 18.2 Å². The number of aryl methyl sites for hydroxylation is 1. The van der Waals surface area contributed by atoms with Crippen molar-refractivity contribution >= 4 is 11.7 Å². The smallest absolute Gasteiger partial charge is 0.338 e. The highest BCUT2D eigenvalue weighted by molar-refractivity contribution is 5.89.